The summed E-state index contributed by atoms with van der Waals surface area (Å²) in [7, 11) is 0. The van der Waals surface area contributed by atoms with Gasteiger partial charge in [-0.1, -0.05) is 6.92 Å². The van der Waals surface area contributed by atoms with Gasteiger partial charge in [-0.25, -0.2) is 14.6 Å². The molecule has 9 heteroatoms. The van der Waals surface area contributed by atoms with Crippen LogP contribution in [0.1, 0.15) is 23.9 Å². The molecule has 1 aliphatic heterocycles. The van der Waals surface area contributed by atoms with Gasteiger partial charge in [0.1, 0.15) is 0 Å². The molecule has 1 aliphatic rings. The number of aryl methyl sites for hydroxylation is 1. The van der Waals surface area contributed by atoms with Crippen molar-refractivity contribution in [3.8, 4) is 5.88 Å². The molecule has 0 aliphatic carbocycles. The molecule has 0 unspecified atom stereocenters. The molecule has 3 aromatic heterocycles. The number of hydrogen-bond donors (Lipinski definition) is 1. The molecule has 1 fully saturated rings. The largest absolute Gasteiger partial charge is 0.476 e. The van der Waals surface area contributed by atoms with Crippen molar-refractivity contribution in [3.63, 3.8) is 0 Å². The third-order valence-corrected chi connectivity index (χ3v) is 5.05. The minimum absolute atomic E-state index is 0.0487. The normalized spacial score (nSPS) is 15.8. The van der Waals surface area contributed by atoms with Gasteiger partial charge in [-0.05, 0) is 45.3 Å². The maximum atomic E-state index is 6.24. The molecule has 0 spiro atoms. The van der Waals surface area contributed by atoms with Crippen LogP contribution in [0.15, 0.2) is 21.2 Å². The van der Waals surface area contributed by atoms with Gasteiger partial charge in [0.2, 0.25) is 11.5 Å². The molecule has 0 bridgehead atoms. The highest BCUT2D eigenvalue weighted by molar-refractivity contribution is 9.10. The van der Waals surface area contributed by atoms with Gasteiger partial charge >= 0.3 is 0 Å². The number of aromatic nitrogens is 4. The van der Waals surface area contributed by atoms with Crippen LogP contribution in [0.4, 0.5) is 5.69 Å². The lowest BCUT2D eigenvalue weighted by molar-refractivity contribution is -0.120. The van der Waals surface area contributed by atoms with Gasteiger partial charge in [-0.15, -0.1) is 0 Å². The molecule has 3 aromatic rings. The molecule has 0 aromatic carbocycles. The first kappa shape index (κ1) is 17.2. The number of rotatable bonds is 5. The first-order valence-corrected chi connectivity index (χ1v) is 8.98. The van der Waals surface area contributed by atoms with Crippen molar-refractivity contribution in [1.82, 2.24) is 20.3 Å². The van der Waals surface area contributed by atoms with Crippen LogP contribution in [0.3, 0.4) is 0 Å². The fourth-order valence-corrected chi connectivity index (χ4v) is 3.17. The van der Waals surface area contributed by atoms with Crippen LogP contribution >= 0.6 is 15.9 Å². The minimum Gasteiger partial charge on any atom is -0.476 e. The Hall–Kier alpha value is -2.26. The van der Waals surface area contributed by atoms with Crippen molar-refractivity contribution in [2.75, 3.05) is 25.6 Å². The first-order chi connectivity index (χ1) is 12.5. The Morgan fingerprint density at radius 2 is 2.08 bits per heavy atom. The zero-order valence-corrected chi connectivity index (χ0v) is 16.0. The van der Waals surface area contributed by atoms with Crippen LogP contribution < -0.4 is 10.5 Å². The molecular weight excluding hydrogens is 402 g/mol. The molecule has 0 atom stereocenters. The average Bonchev–Trinajstić information content (AvgIpc) is 3.05. The Bertz CT molecular complexity index is 970. The van der Waals surface area contributed by atoms with E-state index in [2.05, 4.69) is 43.1 Å². The molecule has 136 valence electrons. The van der Waals surface area contributed by atoms with E-state index in [0.29, 0.717) is 49.0 Å². The van der Waals surface area contributed by atoms with E-state index < -0.39 is 0 Å². The number of nitrogens with two attached hydrogens (primary N) is 1. The van der Waals surface area contributed by atoms with Gasteiger partial charge in [0.25, 0.3) is 0 Å². The Labute approximate surface area is 158 Å². The van der Waals surface area contributed by atoms with Gasteiger partial charge in [0, 0.05) is 28.8 Å². The number of halogens is 1. The lowest BCUT2D eigenvalue weighted by atomic mass is 9.90. The lowest BCUT2D eigenvalue weighted by Crippen LogP contribution is -2.44. The second-order valence-electron chi connectivity index (χ2n) is 6.88. The Morgan fingerprint density at radius 3 is 2.81 bits per heavy atom. The first-order valence-electron chi connectivity index (χ1n) is 8.18. The van der Waals surface area contributed by atoms with Crippen molar-refractivity contribution >= 4 is 32.8 Å². The van der Waals surface area contributed by atoms with E-state index in [4.69, 9.17) is 19.8 Å². The molecule has 4 rings (SSSR count). The van der Waals surface area contributed by atoms with Crippen LogP contribution in [-0.2, 0) is 11.2 Å². The predicted molar refractivity (Wildman–Crippen MR) is 97.9 cm³/mol. The maximum absolute atomic E-state index is 6.24. The maximum Gasteiger partial charge on any atom is 0.228 e. The second kappa shape index (κ2) is 6.48. The Kier molecular flexibility index (Phi) is 4.28. The summed E-state index contributed by atoms with van der Waals surface area (Å²) in [6, 6.07) is 3.85. The van der Waals surface area contributed by atoms with Crippen molar-refractivity contribution in [2.45, 2.75) is 20.3 Å². The number of ether oxygens (including phenoxy) is 2. The molecular formula is C17H18BrN5O3. The van der Waals surface area contributed by atoms with E-state index in [1.54, 1.807) is 0 Å². The highest BCUT2D eigenvalue weighted by atomic mass is 79.9. The highest BCUT2D eigenvalue weighted by Crippen LogP contribution is 2.31. The molecule has 1 saturated heterocycles. The quantitative estimate of drug-likeness (QED) is 0.671. The average molecular weight is 420 g/mol. The highest BCUT2D eigenvalue weighted by Gasteiger charge is 2.34. The zero-order chi connectivity index (χ0) is 18.3. The summed E-state index contributed by atoms with van der Waals surface area (Å²) < 4.78 is 16.7. The molecule has 2 N–H and O–H groups in total. The number of nitrogens with zero attached hydrogens (tertiary/aromatic N) is 4. The van der Waals surface area contributed by atoms with Crippen molar-refractivity contribution < 1.29 is 14.1 Å². The molecule has 26 heavy (non-hydrogen) atoms. The second-order valence-corrected chi connectivity index (χ2v) is 7.74. The third kappa shape index (κ3) is 3.12. The van der Waals surface area contributed by atoms with E-state index in [0.717, 1.165) is 21.4 Å². The third-order valence-electron chi connectivity index (χ3n) is 4.45. The van der Waals surface area contributed by atoms with Gasteiger partial charge in [0.15, 0.2) is 5.52 Å². The van der Waals surface area contributed by atoms with Crippen molar-refractivity contribution in [3.05, 3.63) is 33.6 Å². The van der Waals surface area contributed by atoms with E-state index in [9.17, 15) is 0 Å². The summed E-state index contributed by atoms with van der Waals surface area (Å²) in [6.45, 7) is 5.98. The summed E-state index contributed by atoms with van der Waals surface area (Å²) in [5.74, 6) is 0.559. The zero-order valence-electron chi connectivity index (χ0n) is 14.5. The molecule has 0 amide bonds. The summed E-state index contributed by atoms with van der Waals surface area (Å²) in [5.41, 5.74) is 10.1. The number of nitrogen functional groups attached to an aromatic ring is 1. The van der Waals surface area contributed by atoms with E-state index >= 15 is 0 Å². The summed E-state index contributed by atoms with van der Waals surface area (Å²) in [5, 5.41) is 7.57. The number of hydrogen-bond acceptors (Lipinski definition) is 8. The van der Waals surface area contributed by atoms with Gasteiger partial charge in [-0.2, -0.15) is 0 Å². The summed E-state index contributed by atoms with van der Waals surface area (Å²) in [6.07, 6.45) is 0.511. The van der Waals surface area contributed by atoms with Crippen LogP contribution in [-0.4, -0.2) is 40.1 Å². The standard InChI is InChI=1S/C17H18BrN5O3/c1-9-11(13(19)14-15(20-9)23-26-22-14)5-10-3-4-12(18)16(21-10)25-8-17(2)6-24-7-17/h3-4H,5-8,19H2,1-2H3. The summed E-state index contributed by atoms with van der Waals surface area (Å²) >= 11 is 3.49. The number of pyridine rings is 2. The monoisotopic (exact) mass is 419 g/mol. The summed E-state index contributed by atoms with van der Waals surface area (Å²) in [4.78, 5) is 9.02. The van der Waals surface area contributed by atoms with Crippen LogP contribution in [0.2, 0.25) is 0 Å². The fraction of sp³-hybridized carbons (Fsp3) is 0.412. The van der Waals surface area contributed by atoms with Gasteiger partial charge in [0.05, 0.1) is 30.0 Å². The topological polar surface area (TPSA) is 109 Å². The van der Waals surface area contributed by atoms with Crippen molar-refractivity contribution in [2.24, 2.45) is 5.41 Å². The van der Waals surface area contributed by atoms with Crippen LogP contribution in [0.25, 0.3) is 11.2 Å². The van der Waals surface area contributed by atoms with Crippen molar-refractivity contribution in [1.29, 1.82) is 0 Å². The van der Waals surface area contributed by atoms with Crippen LogP contribution in [0, 0.1) is 12.3 Å². The molecule has 4 heterocycles. The predicted octanol–water partition coefficient (Wildman–Crippen LogP) is 2.67. The molecule has 8 nitrogen and oxygen atoms in total. The fourth-order valence-electron chi connectivity index (χ4n) is 2.83. The van der Waals surface area contributed by atoms with E-state index in [1.807, 2.05) is 19.1 Å². The lowest BCUT2D eigenvalue weighted by Gasteiger charge is -2.37. The molecule has 0 saturated carbocycles. The van der Waals surface area contributed by atoms with Gasteiger partial charge < -0.3 is 15.2 Å². The Balaban J connectivity index is 1.59. The van der Waals surface area contributed by atoms with Gasteiger partial charge in [-0.3, -0.25) is 0 Å². The van der Waals surface area contributed by atoms with E-state index in [1.165, 1.54) is 0 Å². The molecule has 0 radical (unpaired) electrons. The number of fused-ring (bicyclic) bond motifs is 1. The van der Waals surface area contributed by atoms with E-state index in [-0.39, 0.29) is 5.41 Å². The minimum atomic E-state index is 0.0487. The SMILES string of the molecule is Cc1nc2nonc2c(N)c1Cc1ccc(Br)c(OCC2(C)COC2)n1. The van der Waals surface area contributed by atoms with Crippen LogP contribution in [0.5, 0.6) is 5.88 Å². The number of anilines is 1. The smallest absolute Gasteiger partial charge is 0.228 e. The Morgan fingerprint density at radius 1 is 1.27 bits per heavy atom.